The predicted molar refractivity (Wildman–Crippen MR) is 77.2 cm³/mol. The molecule has 0 radical (unpaired) electrons. The van der Waals surface area contributed by atoms with Crippen LogP contribution in [0.4, 0.5) is 0 Å². The van der Waals surface area contributed by atoms with Gasteiger partial charge < -0.3 is 5.32 Å². The van der Waals surface area contributed by atoms with Crippen LogP contribution in [0.5, 0.6) is 0 Å². The van der Waals surface area contributed by atoms with Crippen molar-refractivity contribution in [2.75, 3.05) is 13.1 Å². The Labute approximate surface area is 109 Å². The fourth-order valence-electron chi connectivity index (χ4n) is 3.22. The lowest BCUT2D eigenvalue weighted by Gasteiger charge is -2.23. The Morgan fingerprint density at radius 3 is 2.12 bits per heavy atom. The molecule has 17 heavy (non-hydrogen) atoms. The van der Waals surface area contributed by atoms with Crippen molar-refractivity contribution in [1.82, 2.24) is 5.32 Å². The Hall–Kier alpha value is -0.0400. The van der Waals surface area contributed by atoms with Crippen LogP contribution in [0.1, 0.15) is 66.2 Å². The number of hydrogen-bond donors (Lipinski definition) is 1. The highest BCUT2D eigenvalue weighted by atomic mass is 14.9. The van der Waals surface area contributed by atoms with E-state index in [-0.39, 0.29) is 0 Å². The van der Waals surface area contributed by atoms with Crippen molar-refractivity contribution in [3.05, 3.63) is 0 Å². The van der Waals surface area contributed by atoms with Crippen LogP contribution < -0.4 is 5.32 Å². The molecule has 0 aromatic carbocycles. The monoisotopic (exact) mass is 239 g/mol. The highest BCUT2D eigenvalue weighted by Crippen LogP contribution is 2.32. The average Bonchev–Trinajstić information content (AvgIpc) is 2.68. The van der Waals surface area contributed by atoms with Gasteiger partial charge in [0.25, 0.3) is 0 Å². The molecule has 0 aliphatic heterocycles. The summed E-state index contributed by atoms with van der Waals surface area (Å²) in [5.41, 5.74) is 0. The maximum Gasteiger partial charge on any atom is -0.00202 e. The van der Waals surface area contributed by atoms with Gasteiger partial charge >= 0.3 is 0 Å². The topological polar surface area (TPSA) is 12.0 Å². The first-order valence-electron chi connectivity index (χ1n) is 7.78. The van der Waals surface area contributed by atoms with Crippen LogP contribution in [0, 0.1) is 23.7 Å². The van der Waals surface area contributed by atoms with E-state index in [2.05, 4.69) is 33.0 Å². The van der Waals surface area contributed by atoms with Gasteiger partial charge in [-0.05, 0) is 49.6 Å². The summed E-state index contributed by atoms with van der Waals surface area (Å²) in [6, 6.07) is 0. The van der Waals surface area contributed by atoms with E-state index < -0.39 is 0 Å². The molecule has 1 unspecified atom stereocenters. The van der Waals surface area contributed by atoms with Crippen molar-refractivity contribution >= 4 is 0 Å². The molecule has 1 atom stereocenters. The largest absolute Gasteiger partial charge is 0.316 e. The van der Waals surface area contributed by atoms with Crippen LogP contribution in [0.2, 0.25) is 0 Å². The Bertz CT molecular complexity index is 180. The zero-order chi connectivity index (χ0) is 12.7. The van der Waals surface area contributed by atoms with Crippen molar-refractivity contribution in [2.24, 2.45) is 23.7 Å². The van der Waals surface area contributed by atoms with Crippen LogP contribution >= 0.6 is 0 Å². The van der Waals surface area contributed by atoms with E-state index in [1.165, 1.54) is 51.6 Å². The Kier molecular flexibility index (Phi) is 7.18. The molecule has 0 saturated heterocycles. The second-order valence-electron chi connectivity index (χ2n) is 6.93. The molecule has 1 saturated carbocycles. The molecule has 1 rings (SSSR count). The zero-order valence-electron chi connectivity index (χ0n) is 12.5. The minimum Gasteiger partial charge on any atom is -0.316 e. The lowest BCUT2D eigenvalue weighted by atomic mass is 9.87. The minimum absolute atomic E-state index is 0.779. The van der Waals surface area contributed by atoms with E-state index in [1.54, 1.807) is 0 Å². The molecule has 0 heterocycles. The lowest BCUT2D eigenvalue weighted by molar-refractivity contribution is 0.307. The molecule has 1 fully saturated rings. The van der Waals surface area contributed by atoms with Crippen LogP contribution in [-0.4, -0.2) is 13.1 Å². The fraction of sp³-hybridized carbons (Fsp3) is 1.00. The zero-order valence-corrected chi connectivity index (χ0v) is 12.5. The molecule has 1 nitrogen and oxygen atoms in total. The van der Waals surface area contributed by atoms with Crippen molar-refractivity contribution in [3.8, 4) is 0 Å². The standard InChI is InChI=1S/C16H33N/c1-13(2)9-16(12-17-11-14(3)4)10-15-7-5-6-8-15/h13-17H,5-12H2,1-4H3. The van der Waals surface area contributed by atoms with E-state index in [0.29, 0.717) is 0 Å². The third kappa shape index (κ3) is 7.08. The van der Waals surface area contributed by atoms with Crippen molar-refractivity contribution in [3.63, 3.8) is 0 Å². The highest BCUT2D eigenvalue weighted by molar-refractivity contribution is 4.74. The third-order valence-corrected chi connectivity index (χ3v) is 3.93. The summed E-state index contributed by atoms with van der Waals surface area (Å²) in [6.07, 6.45) is 8.85. The third-order valence-electron chi connectivity index (χ3n) is 3.93. The first-order chi connectivity index (χ1) is 8.08. The van der Waals surface area contributed by atoms with Crippen LogP contribution in [0.25, 0.3) is 0 Å². The predicted octanol–water partition coefficient (Wildman–Crippen LogP) is 4.47. The van der Waals surface area contributed by atoms with E-state index in [0.717, 1.165) is 23.7 Å². The van der Waals surface area contributed by atoms with Gasteiger partial charge in [-0.15, -0.1) is 0 Å². The summed E-state index contributed by atoms with van der Waals surface area (Å²) in [4.78, 5) is 0. The first-order valence-corrected chi connectivity index (χ1v) is 7.78. The summed E-state index contributed by atoms with van der Waals surface area (Å²) < 4.78 is 0. The van der Waals surface area contributed by atoms with Gasteiger partial charge in [0.15, 0.2) is 0 Å². The Morgan fingerprint density at radius 2 is 1.59 bits per heavy atom. The summed E-state index contributed by atoms with van der Waals surface area (Å²) in [7, 11) is 0. The van der Waals surface area contributed by atoms with Crippen LogP contribution in [-0.2, 0) is 0 Å². The molecule has 1 heteroatoms. The molecule has 1 N–H and O–H groups in total. The van der Waals surface area contributed by atoms with Gasteiger partial charge in [0.05, 0.1) is 0 Å². The van der Waals surface area contributed by atoms with Gasteiger partial charge in [0, 0.05) is 0 Å². The molecule has 0 aromatic rings. The van der Waals surface area contributed by atoms with E-state index in [9.17, 15) is 0 Å². The quantitative estimate of drug-likeness (QED) is 0.659. The lowest BCUT2D eigenvalue weighted by Crippen LogP contribution is -2.28. The summed E-state index contributed by atoms with van der Waals surface area (Å²) in [5.74, 6) is 3.58. The second kappa shape index (κ2) is 8.13. The normalized spacial score (nSPS) is 19.4. The molecule has 0 spiro atoms. The van der Waals surface area contributed by atoms with Crippen LogP contribution in [0.3, 0.4) is 0 Å². The molecule has 102 valence electrons. The van der Waals surface area contributed by atoms with Crippen molar-refractivity contribution < 1.29 is 0 Å². The number of rotatable bonds is 8. The highest BCUT2D eigenvalue weighted by Gasteiger charge is 2.20. The van der Waals surface area contributed by atoms with Crippen molar-refractivity contribution in [2.45, 2.75) is 66.2 Å². The van der Waals surface area contributed by atoms with Gasteiger partial charge in [0.1, 0.15) is 0 Å². The number of hydrogen-bond acceptors (Lipinski definition) is 1. The number of nitrogens with one attached hydrogen (secondary N) is 1. The molecular weight excluding hydrogens is 206 g/mol. The average molecular weight is 239 g/mol. The fourth-order valence-corrected chi connectivity index (χ4v) is 3.22. The summed E-state index contributed by atoms with van der Waals surface area (Å²) >= 11 is 0. The van der Waals surface area contributed by atoms with Crippen LogP contribution in [0.15, 0.2) is 0 Å². The molecule has 0 bridgehead atoms. The Balaban J connectivity index is 2.25. The van der Waals surface area contributed by atoms with Gasteiger partial charge in [-0.3, -0.25) is 0 Å². The second-order valence-corrected chi connectivity index (χ2v) is 6.93. The summed E-state index contributed by atoms with van der Waals surface area (Å²) in [5, 5.41) is 3.66. The minimum atomic E-state index is 0.779. The van der Waals surface area contributed by atoms with E-state index in [4.69, 9.17) is 0 Å². The SMILES string of the molecule is CC(C)CNCC(CC(C)C)CC1CCCC1. The van der Waals surface area contributed by atoms with Gasteiger partial charge in [-0.25, -0.2) is 0 Å². The van der Waals surface area contributed by atoms with Gasteiger partial charge in [-0.2, -0.15) is 0 Å². The Morgan fingerprint density at radius 1 is 0.941 bits per heavy atom. The van der Waals surface area contributed by atoms with Gasteiger partial charge in [-0.1, -0.05) is 53.4 Å². The molecular formula is C16H33N. The van der Waals surface area contributed by atoms with Gasteiger partial charge in [0.2, 0.25) is 0 Å². The molecule has 0 amide bonds. The summed E-state index contributed by atoms with van der Waals surface area (Å²) in [6.45, 7) is 11.7. The molecule has 0 aromatic heterocycles. The molecule has 1 aliphatic carbocycles. The maximum atomic E-state index is 3.66. The first kappa shape index (κ1) is 15.0. The smallest absolute Gasteiger partial charge is 0.00202 e. The van der Waals surface area contributed by atoms with E-state index in [1.807, 2.05) is 0 Å². The van der Waals surface area contributed by atoms with Crippen molar-refractivity contribution in [1.29, 1.82) is 0 Å². The maximum absolute atomic E-state index is 3.66. The van der Waals surface area contributed by atoms with E-state index >= 15 is 0 Å². The molecule has 1 aliphatic rings.